The molecule has 1 amide bonds. The van der Waals surface area contributed by atoms with Gasteiger partial charge in [0.2, 0.25) is 0 Å². The Kier molecular flexibility index (Phi) is 6.18. The molecule has 2 saturated carbocycles. The van der Waals surface area contributed by atoms with Crippen LogP contribution in [0.4, 0.5) is 0 Å². The second-order valence-corrected chi connectivity index (χ2v) is 9.65. The van der Waals surface area contributed by atoms with E-state index < -0.39 is 0 Å². The Morgan fingerprint density at radius 3 is 2.32 bits per heavy atom. The van der Waals surface area contributed by atoms with Gasteiger partial charge in [0.05, 0.1) is 12.2 Å². The summed E-state index contributed by atoms with van der Waals surface area (Å²) in [4.78, 5) is 27.9. The molecule has 0 radical (unpaired) electrons. The van der Waals surface area contributed by atoms with Crippen molar-refractivity contribution < 1.29 is 14.3 Å². The standard InChI is InChI=1S/C29H30N2O3/c1-20(32)18-31-28(33)22-6-9-23(10-7-22)29(17-21-5-8-25(29)16-21)24-11-13-27(14-12-24)34-19-26-4-2-3-15-30-26/h2-4,6-7,9-15,21,25H,5,8,16-19H2,1H3,(H,31,33). The van der Waals surface area contributed by atoms with Gasteiger partial charge in [-0.05, 0) is 85.5 Å². The van der Waals surface area contributed by atoms with Crippen molar-refractivity contribution in [2.75, 3.05) is 6.54 Å². The van der Waals surface area contributed by atoms with Crippen LogP contribution in [0.15, 0.2) is 72.9 Å². The van der Waals surface area contributed by atoms with Crippen molar-refractivity contribution in [3.05, 3.63) is 95.3 Å². The van der Waals surface area contributed by atoms with E-state index in [4.69, 9.17) is 4.74 Å². The molecule has 34 heavy (non-hydrogen) atoms. The molecule has 174 valence electrons. The molecule has 0 spiro atoms. The predicted molar refractivity (Wildman–Crippen MR) is 131 cm³/mol. The molecule has 5 nitrogen and oxygen atoms in total. The van der Waals surface area contributed by atoms with E-state index in [1.165, 1.54) is 37.3 Å². The number of aromatic nitrogens is 1. The van der Waals surface area contributed by atoms with Crippen molar-refractivity contribution in [3.63, 3.8) is 0 Å². The Bertz CT molecular complexity index is 1160. The molecule has 2 fully saturated rings. The molecule has 5 rings (SSSR count). The summed E-state index contributed by atoms with van der Waals surface area (Å²) in [6.45, 7) is 1.98. The molecule has 0 aliphatic heterocycles. The predicted octanol–water partition coefficient (Wildman–Crippen LogP) is 5.09. The van der Waals surface area contributed by atoms with Crippen LogP contribution in [0.3, 0.4) is 0 Å². The van der Waals surface area contributed by atoms with Crippen molar-refractivity contribution in [2.45, 2.75) is 44.6 Å². The van der Waals surface area contributed by atoms with Gasteiger partial charge in [0.25, 0.3) is 5.91 Å². The Hall–Kier alpha value is -3.47. The Morgan fingerprint density at radius 2 is 1.74 bits per heavy atom. The van der Waals surface area contributed by atoms with Crippen LogP contribution in [0.5, 0.6) is 5.75 Å². The van der Waals surface area contributed by atoms with Crippen molar-refractivity contribution in [3.8, 4) is 5.75 Å². The molecule has 3 aromatic rings. The van der Waals surface area contributed by atoms with Gasteiger partial charge >= 0.3 is 0 Å². The minimum atomic E-state index is -0.210. The zero-order valence-corrected chi connectivity index (χ0v) is 19.5. The minimum Gasteiger partial charge on any atom is -0.487 e. The highest BCUT2D eigenvalue weighted by Gasteiger charge is 2.52. The lowest BCUT2D eigenvalue weighted by Crippen LogP contribution is -2.34. The largest absolute Gasteiger partial charge is 0.487 e. The fraction of sp³-hybridized carbons (Fsp3) is 0.345. The number of benzene rings is 2. The van der Waals surface area contributed by atoms with Crippen molar-refractivity contribution in [2.24, 2.45) is 11.8 Å². The SMILES string of the molecule is CC(=O)CNC(=O)c1ccc(C2(c3ccc(OCc4ccccn4)cc3)CC3CCC2C3)cc1. The highest BCUT2D eigenvalue weighted by Crippen LogP contribution is 2.60. The summed E-state index contributed by atoms with van der Waals surface area (Å²) in [5.74, 6) is 1.93. The van der Waals surface area contributed by atoms with Crippen LogP contribution in [0.25, 0.3) is 0 Å². The summed E-state index contributed by atoms with van der Waals surface area (Å²) in [5, 5.41) is 2.68. The van der Waals surface area contributed by atoms with E-state index in [1.54, 1.807) is 6.20 Å². The maximum atomic E-state index is 12.4. The summed E-state index contributed by atoms with van der Waals surface area (Å²) in [5.41, 5.74) is 4.05. The van der Waals surface area contributed by atoms with Gasteiger partial charge in [0, 0.05) is 17.2 Å². The van der Waals surface area contributed by atoms with E-state index in [9.17, 15) is 9.59 Å². The maximum absolute atomic E-state index is 12.4. The Morgan fingerprint density at radius 1 is 1.00 bits per heavy atom. The van der Waals surface area contributed by atoms with E-state index in [2.05, 4.69) is 46.7 Å². The highest BCUT2D eigenvalue weighted by molar-refractivity contribution is 5.96. The van der Waals surface area contributed by atoms with Gasteiger partial charge in [-0.1, -0.05) is 36.8 Å². The second-order valence-electron chi connectivity index (χ2n) is 9.65. The number of rotatable bonds is 8. The average molecular weight is 455 g/mol. The normalized spacial score (nSPS) is 23.0. The number of carbonyl (C=O) groups excluding carboxylic acids is 2. The molecule has 1 heterocycles. The van der Waals surface area contributed by atoms with Gasteiger partial charge in [-0.25, -0.2) is 0 Å². The number of hydrogen-bond donors (Lipinski definition) is 1. The van der Waals surface area contributed by atoms with Gasteiger partial charge in [-0.2, -0.15) is 0 Å². The first-order valence-electron chi connectivity index (χ1n) is 12.1. The maximum Gasteiger partial charge on any atom is 0.251 e. The number of nitrogens with one attached hydrogen (secondary N) is 1. The summed E-state index contributed by atoms with van der Waals surface area (Å²) < 4.78 is 5.96. The summed E-state index contributed by atoms with van der Waals surface area (Å²) in [6, 6.07) is 22.4. The quantitative estimate of drug-likeness (QED) is 0.515. The molecular formula is C29H30N2O3. The fourth-order valence-corrected chi connectivity index (χ4v) is 5.92. The van der Waals surface area contributed by atoms with Crippen molar-refractivity contribution in [1.29, 1.82) is 0 Å². The first-order valence-corrected chi connectivity index (χ1v) is 12.1. The number of Topliss-reactive ketones (excluding diaryl/α,β-unsaturated/α-hetero) is 1. The number of ether oxygens (including phenoxy) is 1. The average Bonchev–Trinajstić information content (AvgIpc) is 3.49. The zero-order valence-electron chi connectivity index (χ0n) is 19.5. The van der Waals surface area contributed by atoms with Crippen LogP contribution in [0.2, 0.25) is 0 Å². The Balaban J connectivity index is 1.38. The number of ketones is 1. The van der Waals surface area contributed by atoms with Gasteiger partial charge in [-0.3, -0.25) is 14.6 Å². The molecule has 3 atom stereocenters. The molecule has 1 aromatic heterocycles. The fourth-order valence-electron chi connectivity index (χ4n) is 5.92. The lowest BCUT2D eigenvalue weighted by Gasteiger charge is -2.39. The summed E-state index contributed by atoms with van der Waals surface area (Å²) >= 11 is 0. The highest BCUT2D eigenvalue weighted by atomic mass is 16.5. The second kappa shape index (κ2) is 9.41. The van der Waals surface area contributed by atoms with E-state index in [1.807, 2.05) is 30.3 Å². The molecule has 5 heteroatoms. The number of carbonyl (C=O) groups is 2. The van der Waals surface area contributed by atoms with Crippen LogP contribution >= 0.6 is 0 Å². The molecule has 1 N–H and O–H groups in total. The zero-order chi connectivity index (χ0) is 23.5. The number of pyridine rings is 1. The smallest absolute Gasteiger partial charge is 0.251 e. The third-order valence-electron chi connectivity index (χ3n) is 7.49. The van der Waals surface area contributed by atoms with E-state index in [0.717, 1.165) is 23.8 Å². The summed E-state index contributed by atoms with van der Waals surface area (Å²) in [6.07, 6.45) is 6.73. The third kappa shape index (κ3) is 4.35. The lowest BCUT2D eigenvalue weighted by molar-refractivity contribution is -0.116. The first kappa shape index (κ1) is 22.3. The van der Waals surface area contributed by atoms with Gasteiger partial charge in [-0.15, -0.1) is 0 Å². The Labute approximate surface area is 200 Å². The number of fused-ring (bicyclic) bond motifs is 2. The van der Waals surface area contributed by atoms with Crippen LogP contribution < -0.4 is 10.1 Å². The summed E-state index contributed by atoms with van der Waals surface area (Å²) in [7, 11) is 0. The van der Waals surface area contributed by atoms with Crippen LogP contribution in [-0.2, 0) is 16.8 Å². The molecule has 2 aliphatic carbocycles. The molecule has 2 aromatic carbocycles. The molecule has 3 unspecified atom stereocenters. The molecule has 2 bridgehead atoms. The third-order valence-corrected chi connectivity index (χ3v) is 7.49. The van der Waals surface area contributed by atoms with Crippen molar-refractivity contribution in [1.82, 2.24) is 10.3 Å². The topological polar surface area (TPSA) is 68.3 Å². The lowest BCUT2D eigenvalue weighted by atomic mass is 9.64. The van der Waals surface area contributed by atoms with E-state index in [-0.39, 0.29) is 23.7 Å². The number of amides is 1. The number of hydrogen-bond acceptors (Lipinski definition) is 4. The molecule has 2 aliphatic rings. The number of nitrogens with zero attached hydrogens (tertiary/aromatic N) is 1. The van der Waals surface area contributed by atoms with Gasteiger partial charge < -0.3 is 10.1 Å². The van der Waals surface area contributed by atoms with E-state index >= 15 is 0 Å². The molecule has 0 saturated heterocycles. The van der Waals surface area contributed by atoms with Crippen LogP contribution in [0.1, 0.15) is 59.8 Å². The molecular weight excluding hydrogens is 424 g/mol. The first-order chi connectivity index (χ1) is 16.5. The monoisotopic (exact) mass is 454 g/mol. The van der Waals surface area contributed by atoms with Crippen LogP contribution in [-0.4, -0.2) is 23.2 Å². The van der Waals surface area contributed by atoms with Crippen molar-refractivity contribution >= 4 is 11.7 Å². The van der Waals surface area contributed by atoms with Gasteiger partial charge in [0.15, 0.2) is 0 Å². The van der Waals surface area contributed by atoms with Crippen LogP contribution in [0, 0.1) is 11.8 Å². The minimum absolute atomic E-state index is 0.0309. The van der Waals surface area contributed by atoms with Gasteiger partial charge in [0.1, 0.15) is 18.1 Å². The van der Waals surface area contributed by atoms with E-state index in [0.29, 0.717) is 18.1 Å².